The van der Waals surface area contributed by atoms with Crippen LogP contribution in [0.15, 0.2) is 35.7 Å². The van der Waals surface area contributed by atoms with Gasteiger partial charge in [-0.15, -0.1) is 11.3 Å². The number of carbonyl (C=O) groups is 2. The number of carboxylic acid groups (broad SMARTS) is 1. The van der Waals surface area contributed by atoms with Crippen molar-refractivity contribution in [3.63, 3.8) is 0 Å². The molecule has 1 unspecified atom stereocenters. The highest BCUT2D eigenvalue weighted by Crippen LogP contribution is 2.31. The molecule has 3 rings (SSSR count). The molecule has 0 saturated carbocycles. The fraction of sp³-hybridized carbons (Fsp3) is 0.143. The molecule has 1 amide bonds. The minimum Gasteiger partial charge on any atom is -0.485 e. The molecule has 108 valence electrons. The van der Waals surface area contributed by atoms with Crippen LogP contribution in [-0.4, -0.2) is 29.7 Å². The molecular formula is C14H11NO5S. The Labute approximate surface area is 123 Å². The fourth-order valence-corrected chi connectivity index (χ4v) is 2.62. The van der Waals surface area contributed by atoms with Crippen molar-refractivity contribution in [2.24, 2.45) is 0 Å². The summed E-state index contributed by atoms with van der Waals surface area (Å²) in [4.78, 5) is 23.2. The number of anilines is 1. The molecule has 0 fully saturated rings. The third-order valence-electron chi connectivity index (χ3n) is 2.92. The second-order valence-electron chi connectivity index (χ2n) is 4.32. The van der Waals surface area contributed by atoms with Crippen molar-refractivity contribution in [2.75, 3.05) is 11.9 Å². The average Bonchev–Trinajstić information content (AvgIpc) is 2.95. The zero-order chi connectivity index (χ0) is 14.8. The highest BCUT2D eigenvalue weighted by Gasteiger charge is 2.28. The van der Waals surface area contributed by atoms with Crippen LogP contribution in [-0.2, 0) is 4.79 Å². The van der Waals surface area contributed by atoms with Crippen LogP contribution in [0.3, 0.4) is 0 Å². The molecule has 0 spiro atoms. The Hall–Kier alpha value is -2.54. The fourth-order valence-electron chi connectivity index (χ4n) is 1.94. The standard InChI is InChI=1S/C14H11NO5S/c16-13(15-8-5-6-21-12(8)14(17)18)11-7-19-9-3-1-2-4-10(9)20-11/h1-6,11H,7H2,(H,15,16)(H,17,18). The quantitative estimate of drug-likeness (QED) is 0.908. The van der Waals surface area contributed by atoms with Crippen LogP contribution >= 0.6 is 11.3 Å². The van der Waals surface area contributed by atoms with Crippen LogP contribution in [0.5, 0.6) is 11.5 Å². The van der Waals surface area contributed by atoms with Crippen LogP contribution in [0.4, 0.5) is 5.69 Å². The topological polar surface area (TPSA) is 84.9 Å². The Morgan fingerprint density at radius 1 is 1.24 bits per heavy atom. The molecule has 0 aliphatic carbocycles. The molecule has 1 aromatic heterocycles. The van der Waals surface area contributed by atoms with Crippen LogP contribution < -0.4 is 14.8 Å². The minimum atomic E-state index is -1.08. The molecule has 0 bridgehead atoms. The lowest BCUT2D eigenvalue weighted by Gasteiger charge is -2.25. The van der Waals surface area contributed by atoms with E-state index in [4.69, 9.17) is 14.6 Å². The van der Waals surface area contributed by atoms with E-state index in [2.05, 4.69) is 5.32 Å². The normalized spacial score (nSPS) is 16.3. The number of aromatic carboxylic acids is 1. The van der Waals surface area contributed by atoms with E-state index in [9.17, 15) is 9.59 Å². The number of thiophene rings is 1. The Morgan fingerprint density at radius 3 is 2.76 bits per heavy atom. The summed E-state index contributed by atoms with van der Waals surface area (Å²) in [6.07, 6.45) is -0.818. The van der Waals surface area contributed by atoms with Gasteiger partial charge in [0.15, 0.2) is 11.5 Å². The van der Waals surface area contributed by atoms with Gasteiger partial charge in [0.25, 0.3) is 5.91 Å². The van der Waals surface area contributed by atoms with Crippen molar-refractivity contribution in [2.45, 2.75) is 6.10 Å². The summed E-state index contributed by atoms with van der Waals surface area (Å²) < 4.78 is 11.0. The van der Waals surface area contributed by atoms with Crippen LogP contribution in [0.1, 0.15) is 9.67 Å². The molecule has 0 radical (unpaired) electrons. The van der Waals surface area contributed by atoms with Gasteiger partial charge >= 0.3 is 5.97 Å². The van der Waals surface area contributed by atoms with Crippen molar-refractivity contribution in [3.05, 3.63) is 40.6 Å². The molecule has 2 aromatic rings. The van der Waals surface area contributed by atoms with E-state index in [-0.39, 0.29) is 17.2 Å². The summed E-state index contributed by atoms with van der Waals surface area (Å²) in [6.45, 7) is 0.0788. The number of ether oxygens (including phenoxy) is 2. The van der Waals surface area contributed by atoms with Gasteiger partial charge in [0.2, 0.25) is 6.10 Å². The molecule has 1 atom stereocenters. The summed E-state index contributed by atoms with van der Waals surface area (Å²) in [6, 6.07) is 8.60. The Morgan fingerprint density at radius 2 is 2.00 bits per heavy atom. The van der Waals surface area contributed by atoms with E-state index in [1.165, 1.54) is 0 Å². The van der Waals surface area contributed by atoms with E-state index in [1.807, 2.05) is 6.07 Å². The second kappa shape index (κ2) is 5.45. The zero-order valence-corrected chi connectivity index (χ0v) is 11.6. The lowest BCUT2D eigenvalue weighted by Crippen LogP contribution is -2.40. The van der Waals surface area contributed by atoms with Gasteiger partial charge in [0.05, 0.1) is 5.69 Å². The second-order valence-corrected chi connectivity index (χ2v) is 5.24. The zero-order valence-electron chi connectivity index (χ0n) is 10.7. The van der Waals surface area contributed by atoms with Gasteiger partial charge in [-0.05, 0) is 23.6 Å². The third-order valence-corrected chi connectivity index (χ3v) is 3.82. The number of rotatable bonds is 3. The largest absolute Gasteiger partial charge is 0.485 e. The molecule has 21 heavy (non-hydrogen) atoms. The first-order chi connectivity index (χ1) is 10.1. The highest BCUT2D eigenvalue weighted by atomic mass is 32.1. The molecule has 1 aliphatic rings. The van der Waals surface area contributed by atoms with E-state index >= 15 is 0 Å². The number of hydrogen-bond donors (Lipinski definition) is 2. The summed E-state index contributed by atoms with van der Waals surface area (Å²) in [7, 11) is 0. The van der Waals surface area contributed by atoms with Crippen molar-refractivity contribution >= 4 is 28.9 Å². The average molecular weight is 305 g/mol. The first-order valence-electron chi connectivity index (χ1n) is 6.15. The van der Waals surface area contributed by atoms with Crippen molar-refractivity contribution in [1.29, 1.82) is 0 Å². The molecule has 7 heteroatoms. The minimum absolute atomic E-state index is 0.0788. The van der Waals surface area contributed by atoms with E-state index in [0.29, 0.717) is 11.5 Å². The first-order valence-corrected chi connectivity index (χ1v) is 7.03. The van der Waals surface area contributed by atoms with Gasteiger partial charge in [-0.3, -0.25) is 4.79 Å². The summed E-state index contributed by atoms with van der Waals surface area (Å²) in [5.74, 6) is -0.437. The van der Waals surface area contributed by atoms with Gasteiger partial charge in [0, 0.05) is 0 Å². The lowest BCUT2D eigenvalue weighted by molar-refractivity contribution is -0.125. The highest BCUT2D eigenvalue weighted by molar-refractivity contribution is 7.12. The van der Waals surface area contributed by atoms with Gasteiger partial charge in [-0.2, -0.15) is 0 Å². The molecule has 2 heterocycles. The van der Waals surface area contributed by atoms with E-state index in [1.54, 1.807) is 29.6 Å². The number of nitrogens with one attached hydrogen (secondary N) is 1. The monoisotopic (exact) mass is 305 g/mol. The maximum atomic E-state index is 12.1. The number of fused-ring (bicyclic) bond motifs is 1. The Bertz CT molecular complexity index is 696. The van der Waals surface area contributed by atoms with E-state index < -0.39 is 18.0 Å². The Kier molecular flexibility index (Phi) is 3.49. The summed E-state index contributed by atoms with van der Waals surface area (Å²) in [5.41, 5.74) is 0.264. The molecule has 0 saturated heterocycles. The molecule has 1 aromatic carbocycles. The maximum absolute atomic E-state index is 12.1. The smallest absolute Gasteiger partial charge is 0.348 e. The number of carboxylic acids is 1. The van der Waals surface area contributed by atoms with Gasteiger partial charge in [-0.25, -0.2) is 4.79 Å². The van der Waals surface area contributed by atoms with E-state index in [0.717, 1.165) is 11.3 Å². The number of benzene rings is 1. The molecular weight excluding hydrogens is 294 g/mol. The molecule has 2 N–H and O–H groups in total. The summed E-state index contributed by atoms with van der Waals surface area (Å²) in [5, 5.41) is 13.2. The third kappa shape index (κ3) is 2.68. The number of hydrogen-bond acceptors (Lipinski definition) is 5. The SMILES string of the molecule is O=C(O)c1sccc1NC(=O)C1COc2ccccc2O1. The van der Waals surface area contributed by atoms with Crippen molar-refractivity contribution < 1.29 is 24.2 Å². The van der Waals surface area contributed by atoms with Gasteiger partial charge in [-0.1, -0.05) is 12.1 Å². The van der Waals surface area contributed by atoms with Gasteiger partial charge < -0.3 is 19.9 Å². The first kappa shape index (κ1) is 13.4. The predicted octanol–water partition coefficient (Wildman–Crippen LogP) is 2.22. The Balaban J connectivity index is 1.72. The van der Waals surface area contributed by atoms with Gasteiger partial charge in [0.1, 0.15) is 11.5 Å². The van der Waals surface area contributed by atoms with Crippen LogP contribution in [0, 0.1) is 0 Å². The lowest BCUT2D eigenvalue weighted by atomic mass is 10.2. The van der Waals surface area contributed by atoms with Crippen molar-refractivity contribution in [1.82, 2.24) is 0 Å². The van der Waals surface area contributed by atoms with Crippen LogP contribution in [0.2, 0.25) is 0 Å². The predicted molar refractivity (Wildman–Crippen MR) is 76.3 cm³/mol. The van der Waals surface area contributed by atoms with Crippen LogP contribution in [0.25, 0.3) is 0 Å². The summed E-state index contributed by atoms with van der Waals surface area (Å²) >= 11 is 1.05. The molecule has 1 aliphatic heterocycles. The number of amides is 1. The number of carbonyl (C=O) groups excluding carboxylic acids is 1. The maximum Gasteiger partial charge on any atom is 0.348 e. The molecule has 6 nitrogen and oxygen atoms in total. The number of para-hydroxylation sites is 2. The van der Waals surface area contributed by atoms with Crippen molar-refractivity contribution in [3.8, 4) is 11.5 Å².